The molecule has 2 N–H and O–H groups in total. The smallest absolute Gasteiger partial charge is 0.389 e. The number of hydrogen-bond donors (Lipinski definition) is 2. The van der Waals surface area contributed by atoms with Gasteiger partial charge in [0.15, 0.2) is 5.69 Å². The monoisotopic (exact) mass is 307 g/mol. The SMILES string of the molecule is COC[C@H](O)CN1CCC[C@@H](c2cc(C(F)(F)F)n[nH]2)C1. The number of aromatic nitrogens is 2. The summed E-state index contributed by atoms with van der Waals surface area (Å²) in [6, 6.07) is 1.08. The van der Waals surface area contributed by atoms with Gasteiger partial charge in [0.2, 0.25) is 0 Å². The van der Waals surface area contributed by atoms with Gasteiger partial charge in [-0.3, -0.25) is 5.10 Å². The first kappa shape index (κ1) is 16.3. The number of alkyl halides is 3. The number of methoxy groups -OCH3 is 1. The van der Waals surface area contributed by atoms with Crippen molar-refractivity contribution in [1.82, 2.24) is 15.1 Å². The predicted octanol–water partition coefficient (Wildman–Crippen LogP) is 1.62. The van der Waals surface area contributed by atoms with Crippen LogP contribution in [-0.2, 0) is 10.9 Å². The van der Waals surface area contributed by atoms with Gasteiger partial charge >= 0.3 is 6.18 Å². The van der Waals surface area contributed by atoms with E-state index < -0.39 is 18.0 Å². The van der Waals surface area contributed by atoms with Crippen LogP contribution in [0.25, 0.3) is 0 Å². The van der Waals surface area contributed by atoms with E-state index in [2.05, 4.69) is 10.2 Å². The second kappa shape index (κ2) is 6.76. The molecule has 21 heavy (non-hydrogen) atoms. The quantitative estimate of drug-likeness (QED) is 0.868. The molecule has 1 aliphatic heterocycles. The standard InChI is InChI=1S/C13H20F3N3O2/c1-21-8-10(20)7-19-4-2-3-9(6-19)11-5-12(18-17-11)13(14,15)16/h5,9-10,20H,2-4,6-8H2,1H3,(H,17,18)/t9-,10-/m1/s1. The first-order chi connectivity index (χ1) is 9.90. The zero-order valence-corrected chi connectivity index (χ0v) is 11.9. The van der Waals surface area contributed by atoms with Gasteiger partial charge < -0.3 is 14.7 Å². The number of nitrogens with one attached hydrogen (secondary N) is 1. The van der Waals surface area contributed by atoms with Crippen LogP contribution in [0.15, 0.2) is 6.07 Å². The van der Waals surface area contributed by atoms with Crippen molar-refractivity contribution in [2.24, 2.45) is 0 Å². The van der Waals surface area contributed by atoms with E-state index in [1.54, 1.807) is 0 Å². The minimum Gasteiger partial charge on any atom is -0.389 e. The highest BCUT2D eigenvalue weighted by Gasteiger charge is 2.35. The summed E-state index contributed by atoms with van der Waals surface area (Å²) in [5.41, 5.74) is -0.373. The third-order valence-electron chi connectivity index (χ3n) is 3.66. The number of piperidine rings is 1. The molecule has 0 radical (unpaired) electrons. The highest BCUT2D eigenvalue weighted by atomic mass is 19.4. The number of β-amino-alcohol motifs (C(OH)–C–C–N with tert-alkyl or cyclic N) is 1. The van der Waals surface area contributed by atoms with E-state index in [1.165, 1.54) is 7.11 Å². The Morgan fingerprint density at radius 3 is 2.95 bits per heavy atom. The highest BCUT2D eigenvalue weighted by molar-refractivity contribution is 5.16. The van der Waals surface area contributed by atoms with Crippen molar-refractivity contribution in [2.75, 3.05) is 33.4 Å². The molecule has 0 amide bonds. The molecule has 5 nitrogen and oxygen atoms in total. The molecule has 1 fully saturated rings. The van der Waals surface area contributed by atoms with Gasteiger partial charge in [-0.05, 0) is 25.5 Å². The number of hydrogen-bond acceptors (Lipinski definition) is 4. The lowest BCUT2D eigenvalue weighted by Crippen LogP contribution is -2.40. The van der Waals surface area contributed by atoms with Crippen LogP contribution in [-0.4, -0.2) is 59.7 Å². The molecule has 0 saturated carbocycles. The zero-order valence-electron chi connectivity index (χ0n) is 11.9. The van der Waals surface area contributed by atoms with Gasteiger partial charge in [0.1, 0.15) is 0 Å². The van der Waals surface area contributed by atoms with Gasteiger partial charge in [-0.2, -0.15) is 18.3 Å². The van der Waals surface area contributed by atoms with E-state index in [1.807, 2.05) is 4.90 Å². The molecule has 8 heteroatoms. The number of aliphatic hydroxyl groups is 1. The molecular weight excluding hydrogens is 287 g/mol. The minimum absolute atomic E-state index is 0.0166. The highest BCUT2D eigenvalue weighted by Crippen LogP contribution is 2.31. The molecule has 2 atom stereocenters. The van der Waals surface area contributed by atoms with E-state index in [0.717, 1.165) is 25.5 Å². The van der Waals surface area contributed by atoms with Crippen molar-refractivity contribution in [1.29, 1.82) is 0 Å². The fraction of sp³-hybridized carbons (Fsp3) is 0.769. The van der Waals surface area contributed by atoms with Crippen LogP contribution in [0.4, 0.5) is 13.2 Å². The zero-order chi connectivity index (χ0) is 15.5. The molecule has 0 unspecified atom stereocenters. The van der Waals surface area contributed by atoms with Gasteiger partial charge in [0.25, 0.3) is 0 Å². The Bertz CT molecular complexity index is 450. The topological polar surface area (TPSA) is 61.4 Å². The van der Waals surface area contributed by atoms with Crippen molar-refractivity contribution in [2.45, 2.75) is 31.0 Å². The van der Waals surface area contributed by atoms with Crippen LogP contribution < -0.4 is 0 Å². The summed E-state index contributed by atoms with van der Waals surface area (Å²) in [5, 5.41) is 15.6. The molecule has 0 bridgehead atoms. The van der Waals surface area contributed by atoms with Crippen molar-refractivity contribution in [3.8, 4) is 0 Å². The predicted molar refractivity (Wildman–Crippen MR) is 69.9 cm³/mol. The maximum atomic E-state index is 12.6. The summed E-state index contributed by atoms with van der Waals surface area (Å²) in [4.78, 5) is 2.05. The normalized spacial score (nSPS) is 22.4. The van der Waals surface area contributed by atoms with Crippen LogP contribution in [0.1, 0.15) is 30.1 Å². The molecule has 1 aliphatic rings. The summed E-state index contributed by atoms with van der Waals surface area (Å²) in [6.07, 6.45) is -3.31. The van der Waals surface area contributed by atoms with Gasteiger partial charge in [-0.25, -0.2) is 0 Å². The lowest BCUT2D eigenvalue weighted by Gasteiger charge is -2.33. The molecule has 1 saturated heterocycles. The molecule has 2 rings (SSSR count). The largest absolute Gasteiger partial charge is 0.435 e. The second-order valence-electron chi connectivity index (χ2n) is 5.41. The van der Waals surface area contributed by atoms with Crippen LogP contribution in [0, 0.1) is 0 Å². The van der Waals surface area contributed by atoms with Gasteiger partial charge in [0, 0.05) is 31.8 Å². The van der Waals surface area contributed by atoms with E-state index in [4.69, 9.17) is 4.74 Å². The number of ether oxygens (including phenoxy) is 1. The number of H-pyrrole nitrogens is 1. The summed E-state index contributed by atoms with van der Waals surface area (Å²) in [6.45, 7) is 2.16. The number of nitrogens with zero attached hydrogens (tertiary/aromatic N) is 2. The van der Waals surface area contributed by atoms with Crippen molar-refractivity contribution >= 4 is 0 Å². The molecule has 120 valence electrons. The molecule has 0 aliphatic carbocycles. The van der Waals surface area contributed by atoms with Crippen molar-refractivity contribution < 1.29 is 23.0 Å². The molecule has 1 aromatic rings. The molecular formula is C13H20F3N3O2. The van der Waals surface area contributed by atoms with Gasteiger partial charge in [-0.15, -0.1) is 0 Å². The van der Waals surface area contributed by atoms with Crippen LogP contribution in [0.5, 0.6) is 0 Å². The average molecular weight is 307 g/mol. The molecule has 2 heterocycles. The fourth-order valence-electron chi connectivity index (χ4n) is 2.71. The third kappa shape index (κ3) is 4.42. The lowest BCUT2D eigenvalue weighted by molar-refractivity contribution is -0.141. The maximum Gasteiger partial charge on any atom is 0.435 e. The fourth-order valence-corrected chi connectivity index (χ4v) is 2.71. The summed E-state index contributed by atoms with van der Waals surface area (Å²) in [5.74, 6) is -0.0166. The van der Waals surface area contributed by atoms with E-state index in [0.29, 0.717) is 18.8 Å². The average Bonchev–Trinajstić information content (AvgIpc) is 2.88. The van der Waals surface area contributed by atoms with E-state index in [9.17, 15) is 18.3 Å². The first-order valence-electron chi connectivity index (χ1n) is 6.92. The maximum absolute atomic E-state index is 12.6. The number of aromatic amines is 1. The van der Waals surface area contributed by atoms with Crippen molar-refractivity contribution in [3.05, 3.63) is 17.5 Å². The Labute approximate surface area is 121 Å². The van der Waals surface area contributed by atoms with Gasteiger partial charge in [0.05, 0.1) is 12.7 Å². The number of rotatable bonds is 5. The van der Waals surface area contributed by atoms with Crippen LogP contribution >= 0.6 is 0 Å². The van der Waals surface area contributed by atoms with Crippen LogP contribution in [0.3, 0.4) is 0 Å². The first-order valence-corrected chi connectivity index (χ1v) is 6.92. The third-order valence-corrected chi connectivity index (χ3v) is 3.66. The Balaban J connectivity index is 1.96. The minimum atomic E-state index is -4.42. The lowest BCUT2D eigenvalue weighted by atomic mass is 9.94. The van der Waals surface area contributed by atoms with E-state index in [-0.39, 0.29) is 12.5 Å². The second-order valence-corrected chi connectivity index (χ2v) is 5.41. The van der Waals surface area contributed by atoms with Gasteiger partial charge in [-0.1, -0.05) is 0 Å². The number of aliphatic hydroxyl groups excluding tert-OH is 1. The number of likely N-dealkylation sites (tertiary alicyclic amines) is 1. The summed E-state index contributed by atoms with van der Waals surface area (Å²) in [7, 11) is 1.52. The summed E-state index contributed by atoms with van der Waals surface area (Å²) >= 11 is 0. The summed E-state index contributed by atoms with van der Waals surface area (Å²) < 4.78 is 42.6. The molecule has 0 spiro atoms. The Morgan fingerprint density at radius 2 is 2.33 bits per heavy atom. The Hall–Kier alpha value is -1.12. The molecule has 0 aromatic carbocycles. The van der Waals surface area contributed by atoms with Crippen LogP contribution in [0.2, 0.25) is 0 Å². The Morgan fingerprint density at radius 1 is 1.57 bits per heavy atom. The van der Waals surface area contributed by atoms with Crippen molar-refractivity contribution in [3.63, 3.8) is 0 Å². The van der Waals surface area contributed by atoms with E-state index >= 15 is 0 Å². The Kier molecular flexibility index (Phi) is 5.23. The number of halogens is 3. The molecule has 1 aromatic heterocycles.